The molecule has 0 aliphatic carbocycles. The summed E-state index contributed by atoms with van der Waals surface area (Å²) in [6.45, 7) is 6.03. The van der Waals surface area contributed by atoms with E-state index in [0.29, 0.717) is 11.5 Å². The van der Waals surface area contributed by atoms with Gasteiger partial charge in [0, 0.05) is 12.6 Å². The maximum absolute atomic E-state index is 13.8. The zero-order valence-electron chi connectivity index (χ0n) is 12.2. The average molecular weight is 274 g/mol. The third-order valence-electron chi connectivity index (χ3n) is 3.07. The first-order valence-corrected chi connectivity index (χ1v) is 6.58. The quantitative estimate of drug-likeness (QED) is 0.889. The number of hydrogen-bond acceptors (Lipinski definition) is 4. The maximum atomic E-state index is 13.8. The Kier molecular flexibility index (Phi) is 4.17. The number of nitrogens with zero attached hydrogens (tertiary/aromatic N) is 2. The highest BCUT2D eigenvalue weighted by atomic mass is 19.1. The van der Waals surface area contributed by atoms with Gasteiger partial charge in [-0.15, -0.1) is 0 Å². The number of aromatic nitrogens is 2. The lowest BCUT2D eigenvalue weighted by Crippen LogP contribution is -2.07. The van der Waals surface area contributed by atoms with E-state index in [0.717, 1.165) is 16.9 Å². The van der Waals surface area contributed by atoms with Crippen LogP contribution in [0.1, 0.15) is 30.9 Å². The lowest BCUT2D eigenvalue weighted by atomic mass is 10.0. The molecule has 0 fully saturated rings. The molecule has 2 N–H and O–H groups in total. The lowest BCUT2D eigenvalue weighted by molar-refractivity contribution is 0.631. The van der Waals surface area contributed by atoms with Crippen LogP contribution in [-0.2, 0) is 0 Å². The Morgan fingerprint density at radius 1 is 1.15 bits per heavy atom. The molecule has 0 saturated heterocycles. The van der Waals surface area contributed by atoms with Crippen LogP contribution in [-0.4, -0.2) is 17.0 Å². The smallest absolute Gasteiger partial charge is 0.146 e. The zero-order valence-corrected chi connectivity index (χ0v) is 12.2. The van der Waals surface area contributed by atoms with Crippen LogP contribution >= 0.6 is 0 Å². The van der Waals surface area contributed by atoms with Crippen molar-refractivity contribution in [3.05, 3.63) is 41.5 Å². The van der Waals surface area contributed by atoms with Crippen molar-refractivity contribution in [3.63, 3.8) is 0 Å². The Labute approximate surface area is 118 Å². The van der Waals surface area contributed by atoms with Crippen molar-refractivity contribution in [1.29, 1.82) is 0 Å². The van der Waals surface area contributed by atoms with Gasteiger partial charge in [-0.1, -0.05) is 19.9 Å². The Balaban J connectivity index is 2.45. The summed E-state index contributed by atoms with van der Waals surface area (Å²) in [6.07, 6.45) is 1.47. The molecule has 0 bridgehead atoms. The molecule has 4 nitrogen and oxygen atoms in total. The van der Waals surface area contributed by atoms with Crippen LogP contribution in [0.25, 0.3) is 0 Å². The molecule has 0 spiro atoms. The van der Waals surface area contributed by atoms with Crippen LogP contribution in [0.5, 0.6) is 0 Å². The summed E-state index contributed by atoms with van der Waals surface area (Å²) in [4.78, 5) is 8.45. The molecule has 1 aromatic heterocycles. The molecule has 1 aromatic carbocycles. The second-order valence-electron chi connectivity index (χ2n) is 5.00. The van der Waals surface area contributed by atoms with Crippen LogP contribution in [0.4, 0.5) is 21.7 Å². The topological polar surface area (TPSA) is 49.8 Å². The van der Waals surface area contributed by atoms with Crippen molar-refractivity contribution < 1.29 is 4.39 Å². The van der Waals surface area contributed by atoms with Gasteiger partial charge in [-0.2, -0.15) is 0 Å². The van der Waals surface area contributed by atoms with Gasteiger partial charge in [-0.05, 0) is 30.5 Å². The summed E-state index contributed by atoms with van der Waals surface area (Å²) in [5.41, 5.74) is 2.35. The highest BCUT2D eigenvalue weighted by Gasteiger charge is 2.15. The minimum Gasteiger partial charge on any atom is -0.373 e. The van der Waals surface area contributed by atoms with E-state index in [1.54, 1.807) is 12.1 Å². The molecule has 0 atom stereocenters. The number of rotatable bonds is 4. The van der Waals surface area contributed by atoms with Crippen LogP contribution < -0.4 is 10.6 Å². The van der Waals surface area contributed by atoms with E-state index < -0.39 is 0 Å². The van der Waals surface area contributed by atoms with Gasteiger partial charge in [-0.25, -0.2) is 14.4 Å². The number of nitrogens with one attached hydrogen (secondary N) is 2. The summed E-state index contributed by atoms with van der Waals surface area (Å²) in [5.74, 6) is 1.30. The first kappa shape index (κ1) is 14.2. The summed E-state index contributed by atoms with van der Waals surface area (Å²) >= 11 is 0. The number of anilines is 3. The summed E-state index contributed by atoms with van der Waals surface area (Å²) < 4.78 is 13.8. The zero-order chi connectivity index (χ0) is 14.7. The second kappa shape index (κ2) is 5.86. The molecule has 0 saturated carbocycles. The van der Waals surface area contributed by atoms with E-state index in [1.807, 2.05) is 14.0 Å². The van der Waals surface area contributed by atoms with Gasteiger partial charge in [0.1, 0.15) is 23.8 Å². The van der Waals surface area contributed by atoms with E-state index in [2.05, 4.69) is 34.4 Å². The van der Waals surface area contributed by atoms with E-state index >= 15 is 0 Å². The Morgan fingerprint density at radius 3 is 2.50 bits per heavy atom. The predicted molar refractivity (Wildman–Crippen MR) is 80.1 cm³/mol. The third kappa shape index (κ3) is 2.87. The minimum absolute atomic E-state index is 0.217. The molecular weight excluding hydrogens is 255 g/mol. The van der Waals surface area contributed by atoms with Crippen molar-refractivity contribution in [2.24, 2.45) is 0 Å². The molecular formula is C15H19FN4. The molecule has 106 valence electrons. The predicted octanol–water partition coefficient (Wildman–Crippen LogP) is 3.83. The third-order valence-corrected chi connectivity index (χ3v) is 3.07. The van der Waals surface area contributed by atoms with Gasteiger partial charge in [0.15, 0.2) is 0 Å². The van der Waals surface area contributed by atoms with Gasteiger partial charge in [0.25, 0.3) is 0 Å². The molecule has 0 radical (unpaired) electrons. The summed E-state index contributed by atoms with van der Waals surface area (Å²) in [5, 5.41) is 6.12. The highest BCUT2D eigenvalue weighted by Crippen LogP contribution is 2.30. The number of benzene rings is 1. The standard InChI is InChI=1S/C15H19FN4/c1-9(2)13-14(17-4)18-8-19-15(13)20-12-7-10(3)5-6-11(12)16/h5-9H,1-4H3,(H2,17,18,19,20). The van der Waals surface area contributed by atoms with Crippen molar-refractivity contribution >= 4 is 17.3 Å². The molecule has 5 heteroatoms. The normalized spacial score (nSPS) is 10.7. The van der Waals surface area contributed by atoms with Crippen molar-refractivity contribution in [2.45, 2.75) is 26.7 Å². The van der Waals surface area contributed by atoms with Gasteiger partial charge < -0.3 is 10.6 Å². The largest absolute Gasteiger partial charge is 0.373 e. The Hall–Kier alpha value is -2.17. The van der Waals surface area contributed by atoms with E-state index in [9.17, 15) is 4.39 Å². The van der Waals surface area contributed by atoms with Gasteiger partial charge in [0.05, 0.1) is 5.69 Å². The second-order valence-corrected chi connectivity index (χ2v) is 5.00. The molecule has 2 rings (SSSR count). The first-order chi connectivity index (χ1) is 9.52. The highest BCUT2D eigenvalue weighted by molar-refractivity contribution is 5.66. The lowest BCUT2D eigenvalue weighted by Gasteiger charge is -2.17. The Morgan fingerprint density at radius 2 is 1.85 bits per heavy atom. The number of halogens is 1. The fourth-order valence-corrected chi connectivity index (χ4v) is 2.10. The van der Waals surface area contributed by atoms with Crippen molar-refractivity contribution in [1.82, 2.24) is 9.97 Å². The maximum Gasteiger partial charge on any atom is 0.146 e. The molecule has 2 aromatic rings. The molecule has 20 heavy (non-hydrogen) atoms. The van der Waals surface area contributed by atoms with Crippen molar-refractivity contribution in [2.75, 3.05) is 17.7 Å². The SMILES string of the molecule is CNc1ncnc(Nc2cc(C)ccc2F)c1C(C)C. The van der Waals surface area contributed by atoms with E-state index in [1.165, 1.54) is 12.4 Å². The van der Waals surface area contributed by atoms with Crippen LogP contribution in [0.3, 0.4) is 0 Å². The monoisotopic (exact) mass is 274 g/mol. The molecule has 0 amide bonds. The van der Waals surface area contributed by atoms with Crippen molar-refractivity contribution in [3.8, 4) is 0 Å². The van der Waals surface area contributed by atoms with Crippen LogP contribution in [0.2, 0.25) is 0 Å². The van der Waals surface area contributed by atoms with Gasteiger partial charge in [-0.3, -0.25) is 0 Å². The fourth-order valence-electron chi connectivity index (χ4n) is 2.10. The molecule has 0 unspecified atom stereocenters. The molecule has 1 heterocycles. The van der Waals surface area contributed by atoms with Crippen LogP contribution in [0, 0.1) is 12.7 Å². The summed E-state index contributed by atoms with van der Waals surface area (Å²) in [6, 6.07) is 4.95. The molecule has 0 aliphatic heterocycles. The number of aryl methyl sites for hydroxylation is 1. The minimum atomic E-state index is -0.296. The first-order valence-electron chi connectivity index (χ1n) is 6.58. The Bertz CT molecular complexity index is 611. The van der Waals surface area contributed by atoms with Crippen LogP contribution in [0.15, 0.2) is 24.5 Å². The van der Waals surface area contributed by atoms with Gasteiger partial charge in [0.2, 0.25) is 0 Å². The number of hydrogen-bond donors (Lipinski definition) is 2. The van der Waals surface area contributed by atoms with E-state index in [-0.39, 0.29) is 11.7 Å². The average Bonchev–Trinajstić information content (AvgIpc) is 2.42. The van der Waals surface area contributed by atoms with E-state index in [4.69, 9.17) is 0 Å². The summed E-state index contributed by atoms with van der Waals surface area (Å²) in [7, 11) is 1.81. The molecule has 0 aliphatic rings. The fraction of sp³-hybridized carbons (Fsp3) is 0.333. The van der Waals surface area contributed by atoms with Gasteiger partial charge >= 0.3 is 0 Å².